The van der Waals surface area contributed by atoms with Crippen LogP contribution in [0.25, 0.3) is 0 Å². The Hall–Kier alpha value is -1.20. The second-order valence-electron chi connectivity index (χ2n) is 3.06. The first kappa shape index (κ1) is 11.3. The average molecular weight is 261 g/mol. The highest BCUT2D eigenvalue weighted by Crippen LogP contribution is 2.20. The van der Waals surface area contributed by atoms with E-state index in [1.165, 1.54) is 23.5 Å². The van der Waals surface area contributed by atoms with Crippen molar-refractivity contribution in [3.8, 4) is 0 Å². The van der Waals surface area contributed by atoms with Gasteiger partial charge in [0.25, 0.3) is 0 Å². The first-order valence-corrected chi connectivity index (χ1v) is 5.64. The summed E-state index contributed by atoms with van der Waals surface area (Å²) in [6.45, 7) is 0.410. The lowest BCUT2D eigenvalue weighted by Crippen LogP contribution is -2.00. The second-order valence-corrected chi connectivity index (χ2v) is 4.75. The van der Waals surface area contributed by atoms with Gasteiger partial charge in [0.05, 0.1) is 12.2 Å². The Morgan fingerprint density at radius 1 is 1.38 bits per heavy atom. The molecular formula is C10H7ClF2N2S. The van der Waals surface area contributed by atoms with Crippen LogP contribution in [0.15, 0.2) is 24.4 Å². The molecule has 16 heavy (non-hydrogen) atoms. The van der Waals surface area contributed by atoms with Crippen LogP contribution in [0.3, 0.4) is 0 Å². The molecule has 1 N–H and O–H groups in total. The highest BCUT2D eigenvalue weighted by molar-refractivity contribution is 7.15. The number of hydrogen-bond donors (Lipinski definition) is 1. The van der Waals surface area contributed by atoms with E-state index in [4.69, 9.17) is 11.6 Å². The number of anilines is 1. The van der Waals surface area contributed by atoms with Crippen LogP contribution >= 0.6 is 22.9 Å². The lowest BCUT2D eigenvalue weighted by atomic mass is 10.3. The molecule has 0 unspecified atom stereocenters. The summed E-state index contributed by atoms with van der Waals surface area (Å²) in [4.78, 5) is 4.74. The predicted molar refractivity (Wildman–Crippen MR) is 60.8 cm³/mol. The monoisotopic (exact) mass is 260 g/mol. The van der Waals surface area contributed by atoms with Crippen LogP contribution in [0.2, 0.25) is 4.47 Å². The highest BCUT2D eigenvalue weighted by atomic mass is 35.5. The van der Waals surface area contributed by atoms with Crippen LogP contribution in [-0.2, 0) is 6.54 Å². The molecule has 0 spiro atoms. The summed E-state index contributed by atoms with van der Waals surface area (Å²) in [6.07, 6.45) is 1.61. The van der Waals surface area contributed by atoms with E-state index in [1.807, 2.05) is 0 Å². The second kappa shape index (κ2) is 4.76. The van der Waals surface area contributed by atoms with E-state index in [-0.39, 0.29) is 5.69 Å². The summed E-state index contributed by atoms with van der Waals surface area (Å²) in [6, 6.07) is 3.39. The number of benzene rings is 1. The fourth-order valence-corrected chi connectivity index (χ4v) is 2.10. The fourth-order valence-electron chi connectivity index (χ4n) is 1.18. The van der Waals surface area contributed by atoms with Crippen molar-refractivity contribution in [2.75, 3.05) is 5.32 Å². The Balaban J connectivity index is 2.04. The minimum Gasteiger partial charge on any atom is -0.378 e. The van der Waals surface area contributed by atoms with E-state index < -0.39 is 11.6 Å². The average Bonchev–Trinajstić information content (AvgIpc) is 2.63. The molecule has 0 radical (unpaired) electrons. The lowest BCUT2D eigenvalue weighted by molar-refractivity contribution is 0.585. The van der Waals surface area contributed by atoms with Gasteiger partial charge in [-0.15, -0.1) is 11.3 Å². The molecule has 1 aromatic heterocycles. The van der Waals surface area contributed by atoms with Gasteiger partial charge in [0, 0.05) is 17.1 Å². The Morgan fingerprint density at radius 2 is 2.19 bits per heavy atom. The Bertz CT molecular complexity index is 501. The van der Waals surface area contributed by atoms with Crippen molar-refractivity contribution in [1.82, 2.24) is 4.98 Å². The molecular weight excluding hydrogens is 254 g/mol. The standard InChI is InChI=1S/C10H7ClF2N2S/c11-10-15-5-7(16-10)4-14-9-2-1-6(12)3-8(9)13/h1-3,5,14H,4H2. The van der Waals surface area contributed by atoms with Crippen LogP contribution in [0.4, 0.5) is 14.5 Å². The smallest absolute Gasteiger partial charge is 0.183 e. The summed E-state index contributed by atoms with van der Waals surface area (Å²) in [5.41, 5.74) is 0.255. The molecule has 2 rings (SSSR count). The van der Waals surface area contributed by atoms with Gasteiger partial charge >= 0.3 is 0 Å². The van der Waals surface area contributed by atoms with Crippen LogP contribution in [0, 0.1) is 11.6 Å². The van der Waals surface area contributed by atoms with Crippen molar-refractivity contribution < 1.29 is 8.78 Å². The number of aromatic nitrogens is 1. The summed E-state index contributed by atoms with van der Waals surface area (Å²) in [7, 11) is 0. The molecule has 1 heterocycles. The van der Waals surface area contributed by atoms with Crippen molar-refractivity contribution in [3.63, 3.8) is 0 Å². The zero-order chi connectivity index (χ0) is 11.5. The molecule has 0 atom stereocenters. The van der Waals surface area contributed by atoms with Gasteiger partial charge in [0.15, 0.2) is 4.47 Å². The van der Waals surface area contributed by atoms with Gasteiger partial charge in [-0.05, 0) is 12.1 Å². The van der Waals surface area contributed by atoms with Gasteiger partial charge in [0.2, 0.25) is 0 Å². The molecule has 0 aliphatic rings. The molecule has 0 bridgehead atoms. The maximum absolute atomic E-state index is 13.2. The third-order valence-electron chi connectivity index (χ3n) is 1.91. The minimum absolute atomic E-state index is 0.255. The van der Waals surface area contributed by atoms with Crippen molar-refractivity contribution in [3.05, 3.63) is 45.4 Å². The number of hydrogen-bond acceptors (Lipinski definition) is 3. The Kier molecular flexibility index (Phi) is 3.36. The van der Waals surface area contributed by atoms with Gasteiger partial charge in [-0.25, -0.2) is 13.8 Å². The number of thiazole rings is 1. The van der Waals surface area contributed by atoms with Gasteiger partial charge in [0.1, 0.15) is 11.6 Å². The third kappa shape index (κ3) is 2.68. The van der Waals surface area contributed by atoms with Gasteiger partial charge in [-0.1, -0.05) is 11.6 Å². The predicted octanol–water partition coefficient (Wildman–Crippen LogP) is 3.69. The van der Waals surface area contributed by atoms with Gasteiger partial charge < -0.3 is 5.32 Å². The molecule has 2 nitrogen and oxygen atoms in total. The zero-order valence-corrected chi connectivity index (χ0v) is 9.58. The first-order chi connectivity index (χ1) is 7.65. The van der Waals surface area contributed by atoms with E-state index in [0.29, 0.717) is 11.0 Å². The summed E-state index contributed by atoms with van der Waals surface area (Å²) in [5, 5.41) is 2.84. The summed E-state index contributed by atoms with van der Waals surface area (Å²) in [5.74, 6) is -1.21. The topological polar surface area (TPSA) is 24.9 Å². The molecule has 0 amide bonds. The maximum Gasteiger partial charge on any atom is 0.183 e. The minimum atomic E-state index is -0.615. The van der Waals surface area contributed by atoms with Crippen molar-refractivity contribution in [2.24, 2.45) is 0 Å². The molecule has 84 valence electrons. The molecule has 1 aromatic carbocycles. The van der Waals surface area contributed by atoms with E-state index in [2.05, 4.69) is 10.3 Å². The fraction of sp³-hybridized carbons (Fsp3) is 0.100. The quantitative estimate of drug-likeness (QED) is 0.910. The van der Waals surface area contributed by atoms with Crippen molar-refractivity contribution in [2.45, 2.75) is 6.54 Å². The molecule has 0 saturated heterocycles. The number of nitrogens with zero attached hydrogens (tertiary/aromatic N) is 1. The van der Waals surface area contributed by atoms with Gasteiger partial charge in [-0.2, -0.15) is 0 Å². The van der Waals surface area contributed by atoms with Crippen LogP contribution in [-0.4, -0.2) is 4.98 Å². The first-order valence-electron chi connectivity index (χ1n) is 4.44. The van der Waals surface area contributed by atoms with Crippen LogP contribution in [0.1, 0.15) is 4.88 Å². The van der Waals surface area contributed by atoms with Crippen LogP contribution < -0.4 is 5.32 Å². The van der Waals surface area contributed by atoms with E-state index in [9.17, 15) is 8.78 Å². The zero-order valence-electron chi connectivity index (χ0n) is 8.01. The van der Waals surface area contributed by atoms with Gasteiger partial charge in [-0.3, -0.25) is 0 Å². The van der Waals surface area contributed by atoms with E-state index in [1.54, 1.807) is 6.20 Å². The molecule has 0 aliphatic heterocycles. The van der Waals surface area contributed by atoms with Crippen molar-refractivity contribution >= 4 is 28.6 Å². The largest absolute Gasteiger partial charge is 0.378 e. The highest BCUT2D eigenvalue weighted by Gasteiger charge is 2.04. The molecule has 6 heteroatoms. The van der Waals surface area contributed by atoms with E-state index in [0.717, 1.165) is 10.9 Å². The Labute approximate surface area is 99.9 Å². The number of halogens is 3. The van der Waals surface area contributed by atoms with Crippen LogP contribution in [0.5, 0.6) is 0 Å². The number of rotatable bonds is 3. The number of nitrogens with one attached hydrogen (secondary N) is 1. The molecule has 0 fully saturated rings. The molecule has 0 aliphatic carbocycles. The molecule has 0 saturated carbocycles. The SMILES string of the molecule is Fc1ccc(NCc2cnc(Cl)s2)c(F)c1. The van der Waals surface area contributed by atoms with E-state index >= 15 is 0 Å². The summed E-state index contributed by atoms with van der Waals surface area (Å²) >= 11 is 6.96. The summed E-state index contributed by atoms with van der Waals surface area (Å²) < 4.78 is 26.3. The Morgan fingerprint density at radius 3 is 2.81 bits per heavy atom. The molecule has 2 aromatic rings. The maximum atomic E-state index is 13.2. The normalized spacial score (nSPS) is 10.4. The lowest BCUT2D eigenvalue weighted by Gasteiger charge is -2.05. The third-order valence-corrected chi connectivity index (χ3v) is 3.02. The van der Waals surface area contributed by atoms with Crippen molar-refractivity contribution in [1.29, 1.82) is 0 Å².